The SMILES string of the molecule is CCCS(=O)(=O)CCOc1c(Br)cc(CNC)cc1Br. The number of sulfone groups is 1. The van der Waals surface area contributed by atoms with Crippen molar-refractivity contribution >= 4 is 41.7 Å². The van der Waals surface area contributed by atoms with Gasteiger partial charge in [0, 0.05) is 6.54 Å². The van der Waals surface area contributed by atoms with Crippen LogP contribution < -0.4 is 10.1 Å². The first-order valence-electron chi connectivity index (χ1n) is 6.35. The second-order valence-corrected chi connectivity index (χ2v) is 8.43. The Morgan fingerprint density at radius 1 is 1.20 bits per heavy atom. The van der Waals surface area contributed by atoms with E-state index < -0.39 is 9.84 Å². The first-order valence-corrected chi connectivity index (χ1v) is 9.76. The van der Waals surface area contributed by atoms with Gasteiger partial charge < -0.3 is 10.1 Å². The van der Waals surface area contributed by atoms with Crippen LogP contribution in [0.2, 0.25) is 0 Å². The zero-order valence-corrected chi connectivity index (χ0v) is 15.6. The third kappa shape index (κ3) is 5.71. The smallest absolute Gasteiger partial charge is 0.153 e. The molecule has 1 aromatic carbocycles. The first kappa shape index (κ1) is 17.9. The fourth-order valence-electron chi connectivity index (χ4n) is 1.74. The van der Waals surface area contributed by atoms with Crippen molar-refractivity contribution in [2.75, 3.05) is 25.2 Å². The van der Waals surface area contributed by atoms with Gasteiger partial charge in [-0.2, -0.15) is 0 Å². The van der Waals surface area contributed by atoms with Crippen LogP contribution in [0.3, 0.4) is 0 Å². The average Bonchev–Trinajstić information content (AvgIpc) is 2.33. The molecule has 114 valence electrons. The Hall–Kier alpha value is -0.110. The molecule has 1 aromatic rings. The summed E-state index contributed by atoms with van der Waals surface area (Å²) in [7, 11) is -1.13. The minimum Gasteiger partial charge on any atom is -0.490 e. The van der Waals surface area contributed by atoms with Gasteiger partial charge in [-0.15, -0.1) is 0 Å². The van der Waals surface area contributed by atoms with Crippen molar-refractivity contribution in [1.29, 1.82) is 0 Å². The van der Waals surface area contributed by atoms with Crippen LogP contribution in [0.4, 0.5) is 0 Å². The fraction of sp³-hybridized carbons (Fsp3) is 0.538. The second kappa shape index (κ2) is 8.36. The molecule has 0 radical (unpaired) electrons. The Labute approximate surface area is 137 Å². The molecule has 0 saturated heterocycles. The lowest BCUT2D eigenvalue weighted by Gasteiger charge is -2.12. The molecule has 7 heteroatoms. The Morgan fingerprint density at radius 3 is 2.30 bits per heavy atom. The molecule has 0 fully saturated rings. The number of ether oxygens (including phenoxy) is 1. The molecule has 0 aliphatic heterocycles. The molecule has 0 bridgehead atoms. The second-order valence-electron chi connectivity index (χ2n) is 4.42. The molecular formula is C13H19Br2NO3S. The van der Waals surface area contributed by atoms with Crippen molar-refractivity contribution in [2.24, 2.45) is 0 Å². The molecule has 0 aliphatic carbocycles. The molecule has 1 rings (SSSR count). The molecule has 1 N–H and O–H groups in total. The van der Waals surface area contributed by atoms with Crippen LogP contribution in [0.1, 0.15) is 18.9 Å². The van der Waals surface area contributed by atoms with Crippen molar-refractivity contribution in [3.05, 3.63) is 26.6 Å². The zero-order chi connectivity index (χ0) is 15.2. The number of nitrogens with one attached hydrogen (secondary N) is 1. The van der Waals surface area contributed by atoms with Crippen molar-refractivity contribution in [3.63, 3.8) is 0 Å². The topological polar surface area (TPSA) is 55.4 Å². The van der Waals surface area contributed by atoms with E-state index in [9.17, 15) is 8.42 Å². The van der Waals surface area contributed by atoms with E-state index >= 15 is 0 Å². The van der Waals surface area contributed by atoms with Crippen LogP contribution >= 0.6 is 31.9 Å². The highest BCUT2D eigenvalue weighted by atomic mass is 79.9. The zero-order valence-electron chi connectivity index (χ0n) is 11.6. The quantitative estimate of drug-likeness (QED) is 0.690. The molecule has 0 unspecified atom stereocenters. The van der Waals surface area contributed by atoms with Crippen molar-refractivity contribution in [3.8, 4) is 5.75 Å². The number of hydrogen-bond donors (Lipinski definition) is 1. The van der Waals surface area contributed by atoms with E-state index in [1.165, 1.54) is 0 Å². The average molecular weight is 429 g/mol. The summed E-state index contributed by atoms with van der Waals surface area (Å²) in [6.45, 7) is 2.76. The van der Waals surface area contributed by atoms with Crippen molar-refractivity contribution < 1.29 is 13.2 Å². The van der Waals surface area contributed by atoms with Crippen LogP contribution in [0, 0.1) is 0 Å². The minimum atomic E-state index is -3.01. The van der Waals surface area contributed by atoms with Gasteiger partial charge >= 0.3 is 0 Å². The van der Waals surface area contributed by atoms with E-state index in [1.807, 2.05) is 26.1 Å². The molecule has 20 heavy (non-hydrogen) atoms. The van der Waals surface area contributed by atoms with Crippen LogP contribution in [-0.2, 0) is 16.4 Å². The van der Waals surface area contributed by atoms with Gasteiger partial charge in [-0.1, -0.05) is 6.92 Å². The minimum absolute atomic E-state index is 0.0397. The molecule has 0 heterocycles. The summed E-state index contributed by atoms with van der Waals surface area (Å²) in [5.74, 6) is 0.884. The summed E-state index contributed by atoms with van der Waals surface area (Å²) in [5.41, 5.74) is 1.11. The lowest BCUT2D eigenvalue weighted by atomic mass is 10.2. The van der Waals surface area contributed by atoms with Crippen LogP contribution in [0.25, 0.3) is 0 Å². The van der Waals surface area contributed by atoms with E-state index in [4.69, 9.17) is 4.74 Å². The van der Waals surface area contributed by atoms with E-state index in [-0.39, 0.29) is 18.1 Å². The highest BCUT2D eigenvalue weighted by Gasteiger charge is 2.12. The van der Waals surface area contributed by atoms with Gasteiger partial charge in [0.1, 0.15) is 12.4 Å². The van der Waals surface area contributed by atoms with E-state index in [0.717, 1.165) is 21.1 Å². The van der Waals surface area contributed by atoms with Gasteiger partial charge in [0.2, 0.25) is 0 Å². The first-order chi connectivity index (χ1) is 9.39. The maximum Gasteiger partial charge on any atom is 0.153 e. The third-order valence-corrected chi connectivity index (χ3v) is 5.59. The van der Waals surface area contributed by atoms with Crippen molar-refractivity contribution in [1.82, 2.24) is 5.32 Å². The van der Waals surface area contributed by atoms with Gasteiger partial charge in [-0.3, -0.25) is 0 Å². The Morgan fingerprint density at radius 2 is 1.80 bits per heavy atom. The van der Waals surface area contributed by atoms with Crippen LogP contribution in [0.5, 0.6) is 5.75 Å². The lowest BCUT2D eigenvalue weighted by molar-refractivity contribution is 0.336. The number of benzene rings is 1. The predicted octanol–water partition coefficient (Wildman–Crippen LogP) is 3.13. The maximum absolute atomic E-state index is 11.6. The largest absolute Gasteiger partial charge is 0.490 e. The third-order valence-electron chi connectivity index (χ3n) is 2.59. The Kier molecular flexibility index (Phi) is 7.50. The summed E-state index contributed by atoms with van der Waals surface area (Å²) in [6.07, 6.45) is 0.633. The number of hydrogen-bond acceptors (Lipinski definition) is 4. The molecule has 0 aliphatic rings. The summed E-state index contributed by atoms with van der Waals surface area (Å²) < 4.78 is 30.4. The van der Waals surface area contributed by atoms with Gasteiger partial charge in [0.15, 0.2) is 9.84 Å². The highest BCUT2D eigenvalue weighted by molar-refractivity contribution is 9.11. The highest BCUT2D eigenvalue weighted by Crippen LogP contribution is 2.34. The normalized spacial score (nSPS) is 11.6. The molecule has 0 atom stereocenters. The molecule has 0 saturated carbocycles. The number of rotatable bonds is 8. The molecular weight excluding hydrogens is 410 g/mol. The Balaban J connectivity index is 2.69. The molecule has 0 amide bonds. The summed E-state index contributed by atoms with van der Waals surface area (Å²) in [5, 5.41) is 3.07. The monoisotopic (exact) mass is 427 g/mol. The predicted molar refractivity (Wildman–Crippen MR) is 89.0 cm³/mol. The van der Waals surface area contributed by atoms with Crippen molar-refractivity contribution in [2.45, 2.75) is 19.9 Å². The molecule has 0 aromatic heterocycles. The standard InChI is InChI=1S/C13H19Br2NO3S/c1-3-5-20(17,18)6-4-19-13-11(14)7-10(9-16-2)8-12(13)15/h7-8,16H,3-6,9H2,1-2H3. The lowest BCUT2D eigenvalue weighted by Crippen LogP contribution is -2.17. The van der Waals surface area contributed by atoms with E-state index in [1.54, 1.807) is 0 Å². The van der Waals surface area contributed by atoms with Gasteiger partial charge in [-0.05, 0) is 63.0 Å². The van der Waals surface area contributed by atoms with E-state index in [0.29, 0.717) is 12.2 Å². The molecule has 4 nitrogen and oxygen atoms in total. The van der Waals surface area contributed by atoms with E-state index in [2.05, 4.69) is 37.2 Å². The fourth-order valence-corrected chi connectivity index (χ4v) is 4.41. The van der Waals surface area contributed by atoms with Gasteiger partial charge in [-0.25, -0.2) is 8.42 Å². The van der Waals surface area contributed by atoms with Gasteiger partial charge in [0.25, 0.3) is 0 Å². The summed E-state index contributed by atoms with van der Waals surface area (Å²) in [4.78, 5) is 0. The van der Waals surface area contributed by atoms with Gasteiger partial charge in [0.05, 0.1) is 20.5 Å². The maximum atomic E-state index is 11.6. The summed E-state index contributed by atoms with van der Waals surface area (Å²) >= 11 is 6.89. The number of halogens is 2. The summed E-state index contributed by atoms with van der Waals surface area (Å²) in [6, 6.07) is 3.91. The van der Waals surface area contributed by atoms with Crippen LogP contribution in [0.15, 0.2) is 21.1 Å². The Bertz CT molecular complexity index is 524. The van der Waals surface area contributed by atoms with Crippen LogP contribution in [-0.4, -0.2) is 33.6 Å². The molecule has 0 spiro atoms.